The van der Waals surface area contributed by atoms with Crippen molar-refractivity contribution in [3.05, 3.63) is 30.0 Å². The van der Waals surface area contributed by atoms with Crippen LogP contribution in [0.4, 0.5) is 0 Å². The fourth-order valence-corrected chi connectivity index (χ4v) is 8.11. The maximum absolute atomic E-state index is 5.53. The average Bonchev–Trinajstić information content (AvgIpc) is 3.37. The summed E-state index contributed by atoms with van der Waals surface area (Å²) in [5.74, 6) is 3.66. The van der Waals surface area contributed by atoms with Crippen LogP contribution in [0, 0.1) is 0 Å². The van der Waals surface area contributed by atoms with E-state index in [1.54, 1.807) is 7.11 Å². The van der Waals surface area contributed by atoms with Crippen LogP contribution in [0.3, 0.4) is 0 Å². The average molecular weight is 447 g/mol. The van der Waals surface area contributed by atoms with Gasteiger partial charge < -0.3 is 9.30 Å². The van der Waals surface area contributed by atoms with Crippen molar-refractivity contribution in [2.24, 2.45) is 0 Å². The molecule has 0 saturated carbocycles. The summed E-state index contributed by atoms with van der Waals surface area (Å²) in [4.78, 5) is 2.68. The Kier molecular flexibility index (Phi) is 7.99. The minimum absolute atomic E-state index is 0.537. The molecule has 4 rings (SSSR count). The van der Waals surface area contributed by atoms with Crippen molar-refractivity contribution in [3.63, 3.8) is 0 Å². The van der Waals surface area contributed by atoms with E-state index in [9.17, 15) is 0 Å². The Bertz CT molecular complexity index is 803. The van der Waals surface area contributed by atoms with Gasteiger partial charge >= 0.3 is 0 Å². The van der Waals surface area contributed by atoms with Gasteiger partial charge in [0, 0.05) is 55.3 Å². The lowest BCUT2D eigenvalue weighted by Crippen LogP contribution is -2.39. The van der Waals surface area contributed by atoms with Gasteiger partial charge in [0.2, 0.25) is 0 Å². The Morgan fingerprint density at radius 3 is 2.47 bits per heavy atom. The fraction of sp³-hybridized carbons (Fsp3) is 0.680. The second kappa shape index (κ2) is 10.7. The van der Waals surface area contributed by atoms with Crippen molar-refractivity contribution in [1.29, 1.82) is 0 Å². The van der Waals surface area contributed by atoms with Crippen LogP contribution >= 0.6 is 23.5 Å². The highest BCUT2D eigenvalue weighted by Gasteiger charge is 2.38. The highest BCUT2D eigenvalue weighted by atomic mass is 32.2. The van der Waals surface area contributed by atoms with Crippen molar-refractivity contribution in [2.45, 2.75) is 75.5 Å². The smallest absolute Gasteiger partial charge is 0.120 e. The molecule has 1 aromatic heterocycles. The number of unbranched alkanes of at least 4 members (excludes halogenated alkanes) is 5. The van der Waals surface area contributed by atoms with E-state index < -0.39 is 0 Å². The summed E-state index contributed by atoms with van der Waals surface area (Å²) >= 11 is 4.44. The number of methoxy groups -OCH3 is 1. The number of benzene rings is 1. The molecule has 2 fully saturated rings. The molecule has 2 saturated heterocycles. The summed E-state index contributed by atoms with van der Waals surface area (Å²) in [6, 6.07) is 6.63. The highest BCUT2D eigenvalue weighted by molar-refractivity contribution is 8.21. The molecule has 0 N–H and O–H groups in total. The molecule has 0 radical (unpaired) electrons. The van der Waals surface area contributed by atoms with Crippen molar-refractivity contribution in [3.8, 4) is 5.75 Å². The lowest BCUT2D eigenvalue weighted by molar-refractivity contribution is 0.218. The first-order valence-electron chi connectivity index (χ1n) is 11.9. The first-order valence-corrected chi connectivity index (χ1v) is 13.9. The molecular formula is C25H38N2OS2. The number of aryl methyl sites for hydroxylation is 1. The Morgan fingerprint density at radius 1 is 1.00 bits per heavy atom. The van der Waals surface area contributed by atoms with Crippen LogP contribution in [0.5, 0.6) is 5.75 Å². The first kappa shape index (κ1) is 22.4. The van der Waals surface area contributed by atoms with Gasteiger partial charge in [0.15, 0.2) is 0 Å². The Balaban J connectivity index is 1.42. The van der Waals surface area contributed by atoms with E-state index in [1.165, 1.54) is 92.4 Å². The minimum atomic E-state index is 0.537. The van der Waals surface area contributed by atoms with Gasteiger partial charge in [-0.05, 0) is 37.0 Å². The molecule has 3 heterocycles. The molecule has 30 heavy (non-hydrogen) atoms. The van der Waals surface area contributed by atoms with Gasteiger partial charge in [0.1, 0.15) is 5.75 Å². The second-order valence-corrected chi connectivity index (χ2v) is 12.1. The molecule has 2 aliphatic heterocycles. The Hall–Kier alpha value is -0.780. The molecule has 1 spiro atoms. The van der Waals surface area contributed by atoms with E-state index in [0.717, 1.165) is 18.8 Å². The lowest BCUT2D eigenvalue weighted by atomic mass is 10.1. The van der Waals surface area contributed by atoms with Crippen LogP contribution in [0.15, 0.2) is 24.4 Å². The third-order valence-corrected chi connectivity index (χ3v) is 10.4. The molecule has 0 bridgehead atoms. The van der Waals surface area contributed by atoms with Crippen LogP contribution in [0.2, 0.25) is 0 Å². The summed E-state index contributed by atoms with van der Waals surface area (Å²) in [6.45, 7) is 6.96. The van der Waals surface area contributed by atoms with Gasteiger partial charge in [0.25, 0.3) is 0 Å². The summed E-state index contributed by atoms with van der Waals surface area (Å²) in [5.41, 5.74) is 2.83. The summed E-state index contributed by atoms with van der Waals surface area (Å²) in [7, 11) is 1.77. The molecule has 0 atom stereocenters. The topological polar surface area (TPSA) is 17.4 Å². The van der Waals surface area contributed by atoms with E-state index >= 15 is 0 Å². The molecule has 0 aliphatic carbocycles. The summed E-state index contributed by atoms with van der Waals surface area (Å²) in [6.07, 6.45) is 13.2. The van der Waals surface area contributed by atoms with Crippen molar-refractivity contribution in [1.82, 2.24) is 9.47 Å². The maximum atomic E-state index is 5.53. The van der Waals surface area contributed by atoms with E-state index in [-0.39, 0.29) is 0 Å². The van der Waals surface area contributed by atoms with Crippen molar-refractivity contribution >= 4 is 34.4 Å². The maximum Gasteiger partial charge on any atom is 0.120 e. The molecule has 2 aromatic rings. The molecule has 5 heteroatoms. The third kappa shape index (κ3) is 5.34. The zero-order chi connectivity index (χ0) is 20.8. The van der Waals surface area contributed by atoms with Crippen LogP contribution in [0.1, 0.15) is 63.9 Å². The number of aromatic nitrogens is 1. The SMILES string of the molecule is CCCCCCCCn1cc(CN2CCC3(CC2)SCCS3)c2ccc(OC)cc21. The first-order chi connectivity index (χ1) is 14.7. The predicted octanol–water partition coefficient (Wildman–Crippen LogP) is 6.78. The Labute approximate surface area is 191 Å². The number of rotatable bonds is 10. The van der Waals surface area contributed by atoms with E-state index in [2.05, 4.69) is 64.3 Å². The second-order valence-electron chi connectivity index (χ2n) is 8.88. The number of thioether (sulfide) groups is 2. The van der Waals surface area contributed by atoms with E-state index in [0.29, 0.717) is 4.08 Å². The van der Waals surface area contributed by atoms with E-state index in [1.807, 2.05) is 0 Å². The number of hydrogen-bond donors (Lipinski definition) is 0. The number of hydrogen-bond acceptors (Lipinski definition) is 4. The standard InChI is InChI=1S/C25H38N2OS2/c1-3-4-5-6-7-8-13-27-20-21(23-10-9-22(28-2)18-24(23)27)19-26-14-11-25(12-15-26)29-16-17-30-25/h9-10,18,20H,3-8,11-17,19H2,1-2H3. The molecular weight excluding hydrogens is 408 g/mol. The molecule has 0 unspecified atom stereocenters. The molecule has 0 amide bonds. The van der Waals surface area contributed by atoms with Crippen LogP contribution < -0.4 is 4.74 Å². The zero-order valence-corrected chi connectivity index (χ0v) is 20.5. The van der Waals surface area contributed by atoms with Gasteiger partial charge in [0.05, 0.1) is 16.7 Å². The third-order valence-electron chi connectivity index (χ3n) is 6.75. The highest BCUT2D eigenvalue weighted by Crippen LogP contribution is 2.50. The fourth-order valence-electron chi connectivity index (χ4n) is 4.93. The van der Waals surface area contributed by atoms with Gasteiger partial charge in [-0.3, -0.25) is 4.90 Å². The van der Waals surface area contributed by atoms with Gasteiger partial charge in [-0.1, -0.05) is 39.0 Å². The van der Waals surface area contributed by atoms with Gasteiger partial charge in [-0.15, -0.1) is 23.5 Å². The van der Waals surface area contributed by atoms with Crippen LogP contribution in [-0.2, 0) is 13.1 Å². The summed E-state index contributed by atoms with van der Waals surface area (Å²) < 4.78 is 8.56. The number of nitrogens with zero attached hydrogens (tertiary/aromatic N) is 2. The molecule has 2 aliphatic rings. The molecule has 1 aromatic carbocycles. The van der Waals surface area contributed by atoms with Gasteiger partial charge in [-0.25, -0.2) is 0 Å². The quantitative estimate of drug-likeness (QED) is 0.374. The zero-order valence-electron chi connectivity index (χ0n) is 18.8. The monoisotopic (exact) mass is 446 g/mol. The number of fused-ring (bicyclic) bond motifs is 1. The van der Waals surface area contributed by atoms with Crippen molar-refractivity contribution < 1.29 is 4.74 Å². The normalized spacial score (nSPS) is 19.1. The predicted molar refractivity (Wildman–Crippen MR) is 134 cm³/mol. The largest absolute Gasteiger partial charge is 0.497 e. The Morgan fingerprint density at radius 2 is 1.73 bits per heavy atom. The van der Waals surface area contributed by atoms with E-state index in [4.69, 9.17) is 4.74 Å². The summed E-state index contributed by atoms with van der Waals surface area (Å²) in [5, 5.41) is 1.41. The van der Waals surface area contributed by atoms with Crippen LogP contribution in [0.25, 0.3) is 10.9 Å². The molecule has 166 valence electrons. The number of ether oxygens (including phenoxy) is 1. The number of piperidine rings is 1. The van der Waals surface area contributed by atoms with Crippen molar-refractivity contribution in [2.75, 3.05) is 31.7 Å². The number of likely N-dealkylation sites (tertiary alicyclic amines) is 1. The van der Waals surface area contributed by atoms with Gasteiger partial charge in [-0.2, -0.15) is 0 Å². The molecule has 3 nitrogen and oxygen atoms in total. The van der Waals surface area contributed by atoms with Crippen LogP contribution in [-0.4, -0.2) is 45.3 Å². The lowest BCUT2D eigenvalue weighted by Gasteiger charge is -2.38. The minimum Gasteiger partial charge on any atom is -0.497 e.